The van der Waals surface area contributed by atoms with Gasteiger partial charge in [-0.2, -0.15) is 0 Å². The number of likely N-dealkylation sites (N-methyl/N-ethyl adjacent to an activating group) is 1. The van der Waals surface area contributed by atoms with Crippen LogP contribution in [0.25, 0.3) is 0 Å². The van der Waals surface area contributed by atoms with Gasteiger partial charge in [-0.15, -0.1) is 0 Å². The minimum Gasteiger partial charge on any atom is -0.493 e. The Labute approximate surface area is 119 Å². The highest BCUT2D eigenvalue weighted by molar-refractivity contribution is 5.54. The molecule has 5 heteroatoms. The second kappa shape index (κ2) is 5.89. The maximum Gasteiger partial charge on any atom is 0.203 e. The zero-order valence-electron chi connectivity index (χ0n) is 12.1. The standard InChI is InChI=1S/C15H22N2O3/c1-17-4-3-12(10-17)16-9-11-7-13(18-2)15-14(8-11)19-5-6-20-15/h7-8,12,16H,3-6,9-10H2,1-2H3. The normalized spacial score (nSPS) is 22.0. The first kappa shape index (κ1) is 13.5. The number of hydrogen-bond donors (Lipinski definition) is 1. The lowest BCUT2D eigenvalue weighted by molar-refractivity contribution is 0.165. The van der Waals surface area contributed by atoms with Crippen LogP contribution >= 0.6 is 0 Å². The molecule has 2 heterocycles. The second-order valence-electron chi connectivity index (χ2n) is 5.45. The van der Waals surface area contributed by atoms with Crippen molar-refractivity contribution >= 4 is 0 Å². The van der Waals surface area contributed by atoms with E-state index in [1.54, 1.807) is 7.11 Å². The summed E-state index contributed by atoms with van der Waals surface area (Å²) in [7, 11) is 3.82. The van der Waals surface area contributed by atoms with Gasteiger partial charge in [-0.3, -0.25) is 0 Å². The molecular weight excluding hydrogens is 256 g/mol. The van der Waals surface area contributed by atoms with Gasteiger partial charge in [0.2, 0.25) is 5.75 Å². The fraction of sp³-hybridized carbons (Fsp3) is 0.600. The van der Waals surface area contributed by atoms with E-state index in [1.807, 2.05) is 12.1 Å². The molecule has 0 amide bonds. The van der Waals surface area contributed by atoms with E-state index < -0.39 is 0 Å². The van der Waals surface area contributed by atoms with E-state index in [9.17, 15) is 0 Å². The maximum atomic E-state index is 5.65. The van der Waals surface area contributed by atoms with Crippen LogP contribution < -0.4 is 19.5 Å². The van der Waals surface area contributed by atoms with Gasteiger partial charge in [0.1, 0.15) is 13.2 Å². The average molecular weight is 278 g/mol. The van der Waals surface area contributed by atoms with E-state index in [1.165, 1.54) is 18.5 Å². The lowest BCUT2D eigenvalue weighted by Crippen LogP contribution is -2.31. The van der Waals surface area contributed by atoms with Crippen molar-refractivity contribution in [2.24, 2.45) is 0 Å². The molecule has 1 N–H and O–H groups in total. The zero-order valence-corrected chi connectivity index (χ0v) is 12.1. The molecule has 0 bridgehead atoms. The molecule has 1 fully saturated rings. The third kappa shape index (κ3) is 2.83. The fourth-order valence-corrected chi connectivity index (χ4v) is 2.79. The minimum absolute atomic E-state index is 0.569. The number of fused-ring (bicyclic) bond motifs is 1. The van der Waals surface area contributed by atoms with Crippen LogP contribution in [0.15, 0.2) is 12.1 Å². The molecule has 0 aliphatic carbocycles. The molecule has 2 aliphatic rings. The lowest BCUT2D eigenvalue weighted by Gasteiger charge is -2.22. The molecule has 1 unspecified atom stereocenters. The Morgan fingerprint density at radius 3 is 2.95 bits per heavy atom. The topological polar surface area (TPSA) is 43.0 Å². The molecule has 1 aromatic carbocycles. The summed E-state index contributed by atoms with van der Waals surface area (Å²) in [6, 6.07) is 4.64. The van der Waals surface area contributed by atoms with Crippen molar-refractivity contribution in [1.82, 2.24) is 10.2 Å². The van der Waals surface area contributed by atoms with Crippen LogP contribution in [0.3, 0.4) is 0 Å². The minimum atomic E-state index is 0.569. The Balaban J connectivity index is 1.70. The number of hydrogen-bond acceptors (Lipinski definition) is 5. The highest BCUT2D eigenvalue weighted by Gasteiger charge is 2.21. The molecular formula is C15H22N2O3. The highest BCUT2D eigenvalue weighted by atomic mass is 16.6. The molecule has 1 aromatic rings. The van der Waals surface area contributed by atoms with Gasteiger partial charge >= 0.3 is 0 Å². The summed E-state index contributed by atoms with van der Waals surface area (Å²) in [6.45, 7) is 4.28. The van der Waals surface area contributed by atoms with E-state index in [4.69, 9.17) is 14.2 Å². The number of ether oxygens (including phenoxy) is 3. The average Bonchev–Trinajstić information content (AvgIpc) is 2.90. The fourth-order valence-electron chi connectivity index (χ4n) is 2.79. The molecule has 0 saturated carbocycles. The number of likely N-dealkylation sites (tertiary alicyclic amines) is 1. The van der Waals surface area contributed by atoms with E-state index in [-0.39, 0.29) is 0 Å². The second-order valence-corrected chi connectivity index (χ2v) is 5.45. The molecule has 0 aromatic heterocycles. The molecule has 5 nitrogen and oxygen atoms in total. The first-order valence-electron chi connectivity index (χ1n) is 7.14. The third-order valence-electron chi connectivity index (χ3n) is 3.87. The van der Waals surface area contributed by atoms with Crippen molar-refractivity contribution in [3.05, 3.63) is 17.7 Å². The van der Waals surface area contributed by atoms with E-state index in [2.05, 4.69) is 17.3 Å². The Bertz CT molecular complexity index is 461. The molecule has 110 valence electrons. The number of nitrogens with one attached hydrogen (secondary N) is 1. The number of rotatable bonds is 4. The smallest absolute Gasteiger partial charge is 0.203 e. The van der Waals surface area contributed by atoms with Crippen LogP contribution in [-0.2, 0) is 6.54 Å². The van der Waals surface area contributed by atoms with Gasteiger partial charge in [-0.1, -0.05) is 0 Å². The van der Waals surface area contributed by atoms with Gasteiger partial charge in [-0.05, 0) is 37.7 Å². The number of methoxy groups -OCH3 is 1. The monoisotopic (exact) mass is 278 g/mol. The summed E-state index contributed by atoms with van der Waals surface area (Å²) in [5.41, 5.74) is 1.17. The zero-order chi connectivity index (χ0) is 13.9. The predicted molar refractivity (Wildman–Crippen MR) is 76.7 cm³/mol. The van der Waals surface area contributed by atoms with Gasteiger partial charge in [0.05, 0.1) is 7.11 Å². The number of benzene rings is 1. The highest BCUT2D eigenvalue weighted by Crippen LogP contribution is 2.40. The lowest BCUT2D eigenvalue weighted by atomic mass is 10.1. The van der Waals surface area contributed by atoms with E-state index in [0.717, 1.165) is 30.3 Å². The van der Waals surface area contributed by atoms with E-state index >= 15 is 0 Å². The van der Waals surface area contributed by atoms with Crippen molar-refractivity contribution in [3.63, 3.8) is 0 Å². The summed E-state index contributed by atoms with van der Waals surface area (Å²) in [5, 5.41) is 3.59. The first-order valence-corrected chi connectivity index (χ1v) is 7.14. The van der Waals surface area contributed by atoms with Crippen molar-refractivity contribution in [3.8, 4) is 17.2 Å². The van der Waals surface area contributed by atoms with Crippen molar-refractivity contribution in [1.29, 1.82) is 0 Å². The molecule has 0 spiro atoms. The van der Waals surface area contributed by atoms with Crippen LogP contribution in [-0.4, -0.2) is 51.4 Å². The van der Waals surface area contributed by atoms with Crippen LogP contribution in [0.1, 0.15) is 12.0 Å². The summed E-state index contributed by atoms with van der Waals surface area (Å²) in [4.78, 5) is 2.35. The first-order chi connectivity index (χ1) is 9.76. The van der Waals surface area contributed by atoms with Gasteiger partial charge in [-0.25, -0.2) is 0 Å². The Kier molecular flexibility index (Phi) is 3.98. The Morgan fingerprint density at radius 1 is 1.35 bits per heavy atom. The van der Waals surface area contributed by atoms with Gasteiger partial charge < -0.3 is 24.4 Å². The van der Waals surface area contributed by atoms with Crippen LogP contribution in [0.5, 0.6) is 17.2 Å². The molecule has 1 saturated heterocycles. The molecule has 20 heavy (non-hydrogen) atoms. The van der Waals surface area contributed by atoms with Crippen molar-refractivity contribution < 1.29 is 14.2 Å². The quantitative estimate of drug-likeness (QED) is 0.898. The number of nitrogens with zero attached hydrogens (tertiary/aromatic N) is 1. The SMILES string of the molecule is COc1cc(CNC2CCN(C)C2)cc2c1OCCO2. The molecule has 3 rings (SSSR count). The summed E-state index contributed by atoms with van der Waals surface area (Å²) < 4.78 is 16.7. The maximum absolute atomic E-state index is 5.65. The molecule has 0 radical (unpaired) electrons. The van der Waals surface area contributed by atoms with Crippen molar-refractivity contribution in [2.75, 3.05) is 40.5 Å². The Hall–Kier alpha value is -1.46. The molecule has 2 aliphatic heterocycles. The van der Waals surface area contributed by atoms with E-state index in [0.29, 0.717) is 19.3 Å². The van der Waals surface area contributed by atoms with Crippen LogP contribution in [0.2, 0.25) is 0 Å². The van der Waals surface area contributed by atoms with Gasteiger partial charge in [0, 0.05) is 19.1 Å². The van der Waals surface area contributed by atoms with Gasteiger partial charge in [0.15, 0.2) is 11.5 Å². The van der Waals surface area contributed by atoms with Crippen molar-refractivity contribution in [2.45, 2.75) is 19.0 Å². The Morgan fingerprint density at radius 2 is 2.20 bits per heavy atom. The van der Waals surface area contributed by atoms with Crippen LogP contribution in [0.4, 0.5) is 0 Å². The summed E-state index contributed by atoms with van der Waals surface area (Å²) in [6.07, 6.45) is 1.21. The van der Waals surface area contributed by atoms with Gasteiger partial charge in [0.25, 0.3) is 0 Å². The molecule has 1 atom stereocenters. The third-order valence-corrected chi connectivity index (χ3v) is 3.87. The largest absolute Gasteiger partial charge is 0.493 e. The predicted octanol–water partition coefficient (Wildman–Crippen LogP) is 1.26. The summed E-state index contributed by atoms with van der Waals surface area (Å²) >= 11 is 0. The summed E-state index contributed by atoms with van der Waals surface area (Å²) in [5.74, 6) is 2.27. The van der Waals surface area contributed by atoms with Crippen LogP contribution in [0, 0.1) is 0 Å².